The monoisotopic (exact) mass is 321 g/mol. The van der Waals surface area contributed by atoms with Crippen LogP contribution in [-0.4, -0.2) is 4.57 Å². The van der Waals surface area contributed by atoms with Gasteiger partial charge in [-0.1, -0.05) is 72.1 Å². The second kappa shape index (κ2) is 13.6. The maximum Gasteiger partial charge on any atom is 0.256 e. The summed E-state index contributed by atoms with van der Waals surface area (Å²) < 4.78 is 5.06. The van der Waals surface area contributed by atoms with Gasteiger partial charge in [0.2, 0.25) is 0 Å². The van der Waals surface area contributed by atoms with Crippen molar-refractivity contribution in [3.63, 3.8) is 0 Å². The van der Waals surface area contributed by atoms with Crippen LogP contribution in [-0.2, 0) is 19.5 Å². The average molecular weight is 322 g/mol. The average Bonchev–Trinajstić information content (AvgIpc) is 2.95. The Kier molecular flexibility index (Phi) is 12.0. The smallest absolute Gasteiger partial charge is 0.234 e. The van der Waals surface area contributed by atoms with Crippen LogP contribution in [0.3, 0.4) is 0 Å². The summed E-state index contributed by atoms with van der Waals surface area (Å²) in [6, 6.07) is 0. The molecule has 0 aliphatic carbocycles. The van der Waals surface area contributed by atoms with E-state index in [1.165, 1.54) is 96.6 Å². The number of hydrogen-bond acceptors (Lipinski definition) is 0. The predicted molar refractivity (Wildman–Crippen MR) is 101 cm³/mol. The summed E-state index contributed by atoms with van der Waals surface area (Å²) in [5, 5.41) is 0. The molecule has 134 valence electrons. The van der Waals surface area contributed by atoms with Crippen LogP contribution < -0.4 is 4.57 Å². The molecular weight excluding hydrogens is 280 g/mol. The number of rotatable bonds is 15. The lowest BCUT2D eigenvalue weighted by atomic mass is 10.1. The fourth-order valence-electron chi connectivity index (χ4n) is 3.29. The molecule has 0 N–H and O–H groups in total. The summed E-state index contributed by atoms with van der Waals surface area (Å²) in [6.45, 7) is 9.28. The Bertz CT molecular complexity index is 381. The van der Waals surface area contributed by atoms with Crippen LogP contribution in [0, 0.1) is 0 Å². The Morgan fingerprint density at radius 2 is 1.35 bits per heavy atom. The van der Waals surface area contributed by atoms with Gasteiger partial charge in [-0.05, 0) is 25.7 Å². The molecule has 1 aromatic rings. The SMILES string of the molecule is CCCCCCCCc1n(CCCC)cc[n+]1CCCCCC. The molecule has 0 atom stereocenters. The molecule has 0 fully saturated rings. The molecule has 0 bridgehead atoms. The molecule has 0 radical (unpaired) electrons. The van der Waals surface area contributed by atoms with E-state index < -0.39 is 0 Å². The normalized spacial score (nSPS) is 11.3. The number of imidazole rings is 1. The summed E-state index contributed by atoms with van der Waals surface area (Å²) >= 11 is 0. The Morgan fingerprint density at radius 3 is 2.04 bits per heavy atom. The van der Waals surface area contributed by atoms with Gasteiger partial charge in [-0.15, -0.1) is 0 Å². The molecule has 0 amide bonds. The minimum absolute atomic E-state index is 1.20. The van der Waals surface area contributed by atoms with Crippen molar-refractivity contribution in [2.75, 3.05) is 0 Å². The van der Waals surface area contributed by atoms with Crippen molar-refractivity contribution in [2.45, 2.75) is 117 Å². The minimum Gasteiger partial charge on any atom is -0.234 e. The van der Waals surface area contributed by atoms with E-state index in [2.05, 4.69) is 42.3 Å². The second-order valence-corrected chi connectivity index (χ2v) is 7.03. The number of unbranched alkanes of at least 4 members (excludes halogenated alkanes) is 9. The van der Waals surface area contributed by atoms with Crippen LogP contribution in [0.15, 0.2) is 12.4 Å². The van der Waals surface area contributed by atoms with Gasteiger partial charge in [-0.2, -0.15) is 0 Å². The quantitative estimate of drug-likeness (QED) is 0.274. The highest BCUT2D eigenvalue weighted by Gasteiger charge is 2.16. The van der Waals surface area contributed by atoms with Crippen LogP contribution in [0.25, 0.3) is 0 Å². The largest absolute Gasteiger partial charge is 0.256 e. The van der Waals surface area contributed by atoms with E-state index in [4.69, 9.17) is 0 Å². The first kappa shape index (κ1) is 20.3. The summed E-state index contributed by atoms with van der Waals surface area (Å²) in [5.74, 6) is 1.57. The number of aryl methyl sites for hydroxylation is 2. The molecule has 1 rings (SSSR count). The zero-order valence-electron chi connectivity index (χ0n) is 16.2. The lowest BCUT2D eigenvalue weighted by Crippen LogP contribution is -2.37. The van der Waals surface area contributed by atoms with Crippen molar-refractivity contribution in [3.8, 4) is 0 Å². The van der Waals surface area contributed by atoms with E-state index in [9.17, 15) is 0 Å². The predicted octanol–water partition coefficient (Wildman–Crippen LogP) is 6.06. The molecule has 2 heteroatoms. The lowest BCUT2D eigenvalue weighted by Gasteiger charge is -2.06. The molecule has 0 aliphatic heterocycles. The van der Waals surface area contributed by atoms with Gasteiger partial charge in [0.05, 0.1) is 13.1 Å². The lowest BCUT2D eigenvalue weighted by molar-refractivity contribution is -0.704. The first-order valence-electron chi connectivity index (χ1n) is 10.4. The fraction of sp³-hybridized carbons (Fsp3) is 0.857. The van der Waals surface area contributed by atoms with Crippen LogP contribution >= 0.6 is 0 Å². The number of nitrogens with zero attached hydrogens (tertiary/aromatic N) is 2. The van der Waals surface area contributed by atoms with E-state index in [-0.39, 0.29) is 0 Å². The molecule has 0 aliphatic rings. The van der Waals surface area contributed by atoms with E-state index in [0.717, 1.165) is 0 Å². The molecular formula is C21H41N2+. The van der Waals surface area contributed by atoms with Crippen molar-refractivity contribution < 1.29 is 4.57 Å². The maximum absolute atomic E-state index is 2.54. The summed E-state index contributed by atoms with van der Waals surface area (Å²) in [5.41, 5.74) is 0. The summed E-state index contributed by atoms with van der Waals surface area (Å²) in [6.07, 6.45) is 22.2. The van der Waals surface area contributed by atoms with E-state index in [0.29, 0.717) is 0 Å². The van der Waals surface area contributed by atoms with Crippen molar-refractivity contribution in [1.82, 2.24) is 4.57 Å². The van der Waals surface area contributed by atoms with Crippen molar-refractivity contribution >= 4 is 0 Å². The van der Waals surface area contributed by atoms with Gasteiger partial charge < -0.3 is 0 Å². The number of hydrogen-bond donors (Lipinski definition) is 0. The first-order chi connectivity index (χ1) is 11.3. The highest BCUT2D eigenvalue weighted by Crippen LogP contribution is 2.10. The van der Waals surface area contributed by atoms with Gasteiger partial charge in [0.1, 0.15) is 12.4 Å². The third-order valence-corrected chi connectivity index (χ3v) is 4.85. The minimum atomic E-state index is 1.20. The van der Waals surface area contributed by atoms with Crippen LogP contribution in [0.4, 0.5) is 0 Å². The highest BCUT2D eigenvalue weighted by molar-refractivity contribution is 4.84. The van der Waals surface area contributed by atoms with Crippen LogP contribution in [0.5, 0.6) is 0 Å². The van der Waals surface area contributed by atoms with Gasteiger partial charge in [-0.3, -0.25) is 0 Å². The molecule has 0 saturated heterocycles. The molecule has 2 nitrogen and oxygen atoms in total. The van der Waals surface area contributed by atoms with Gasteiger partial charge >= 0.3 is 0 Å². The Morgan fingerprint density at radius 1 is 0.739 bits per heavy atom. The number of aromatic nitrogens is 2. The fourth-order valence-corrected chi connectivity index (χ4v) is 3.29. The zero-order chi connectivity index (χ0) is 16.8. The van der Waals surface area contributed by atoms with Gasteiger partial charge in [-0.25, -0.2) is 9.13 Å². The molecule has 1 heterocycles. The third kappa shape index (κ3) is 8.58. The summed E-state index contributed by atoms with van der Waals surface area (Å²) in [7, 11) is 0. The molecule has 0 saturated carbocycles. The van der Waals surface area contributed by atoms with E-state index >= 15 is 0 Å². The Hall–Kier alpha value is -0.790. The van der Waals surface area contributed by atoms with Crippen molar-refractivity contribution in [1.29, 1.82) is 0 Å². The molecule has 0 unspecified atom stereocenters. The second-order valence-electron chi connectivity index (χ2n) is 7.03. The van der Waals surface area contributed by atoms with E-state index in [1.54, 1.807) is 5.82 Å². The van der Waals surface area contributed by atoms with Crippen molar-refractivity contribution in [2.24, 2.45) is 0 Å². The Balaban J connectivity index is 2.47. The van der Waals surface area contributed by atoms with Gasteiger partial charge in [0.25, 0.3) is 5.82 Å². The molecule has 0 aromatic carbocycles. The molecule has 0 spiro atoms. The van der Waals surface area contributed by atoms with Crippen LogP contribution in [0.2, 0.25) is 0 Å². The highest BCUT2D eigenvalue weighted by atomic mass is 15.1. The standard InChI is InChI=1S/C21H41N2/c1-4-7-10-12-13-14-16-21-22(17-9-6-3)19-20-23(21)18-15-11-8-5-2/h19-20H,4-18H2,1-3H3/q+1. The van der Waals surface area contributed by atoms with Gasteiger partial charge in [0, 0.05) is 6.42 Å². The van der Waals surface area contributed by atoms with Crippen molar-refractivity contribution in [3.05, 3.63) is 18.2 Å². The third-order valence-electron chi connectivity index (χ3n) is 4.85. The maximum atomic E-state index is 2.54. The summed E-state index contributed by atoms with van der Waals surface area (Å²) in [4.78, 5) is 0. The first-order valence-corrected chi connectivity index (χ1v) is 10.4. The molecule has 23 heavy (non-hydrogen) atoms. The van der Waals surface area contributed by atoms with Crippen LogP contribution in [0.1, 0.15) is 104 Å². The topological polar surface area (TPSA) is 8.81 Å². The zero-order valence-corrected chi connectivity index (χ0v) is 16.2. The van der Waals surface area contributed by atoms with Gasteiger partial charge in [0.15, 0.2) is 0 Å². The Labute approximate surface area is 145 Å². The van der Waals surface area contributed by atoms with E-state index in [1.807, 2.05) is 0 Å². The molecule has 1 aromatic heterocycles.